The zero-order valence-electron chi connectivity index (χ0n) is 11.4. The minimum Gasteiger partial charge on any atom is -0.386 e. The second-order valence-corrected chi connectivity index (χ2v) is 6.42. The molecule has 0 radical (unpaired) electrons. The summed E-state index contributed by atoms with van der Waals surface area (Å²) in [5, 5.41) is 7.60. The molecular weight excluding hydrogens is 286 g/mol. The molecule has 1 atom stereocenters. The van der Waals surface area contributed by atoms with E-state index in [9.17, 15) is 8.42 Å². The summed E-state index contributed by atoms with van der Waals surface area (Å²) in [6.07, 6.45) is 0. The standard InChI is InChI=1S/C15H17N3O2S/c16-15(17)14(13-9-5-2-6-10-13)18-21(19,20)11-12-7-3-1-4-8-12/h1-10,14,18H,11H2,(H3,16,17). The Morgan fingerprint density at radius 1 is 1.05 bits per heavy atom. The average Bonchev–Trinajstić information content (AvgIpc) is 2.46. The molecule has 0 spiro atoms. The van der Waals surface area contributed by atoms with Crippen LogP contribution in [0, 0.1) is 5.41 Å². The van der Waals surface area contributed by atoms with Gasteiger partial charge >= 0.3 is 0 Å². The molecule has 4 N–H and O–H groups in total. The molecule has 0 aliphatic rings. The number of sulfonamides is 1. The van der Waals surface area contributed by atoms with Gasteiger partial charge < -0.3 is 5.73 Å². The van der Waals surface area contributed by atoms with Crippen molar-refractivity contribution < 1.29 is 8.42 Å². The van der Waals surface area contributed by atoms with Crippen LogP contribution in [-0.2, 0) is 15.8 Å². The van der Waals surface area contributed by atoms with Crippen LogP contribution >= 0.6 is 0 Å². The topological polar surface area (TPSA) is 96.0 Å². The van der Waals surface area contributed by atoms with Crippen molar-refractivity contribution in [1.82, 2.24) is 4.72 Å². The predicted molar refractivity (Wildman–Crippen MR) is 83.3 cm³/mol. The summed E-state index contributed by atoms with van der Waals surface area (Å²) in [6, 6.07) is 16.9. The van der Waals surface area contributed by atoms with E-state index in [0.29, 0.717) is 11.1 Å². The van der Waals surface area contributed by atoms with E-state index in [1.54, 1.807) is 48.5 Å². The number of amidine groups is 1. The number of hydrogen-bond acceptors (Lipinski definition) is 3. The van der Waals surface area contributed by atoms with Gasteiger partial charge in [-0.2, -0.15) is 4.72 Å². The Labute approximate surface area is 124 Å². The lowest BCUT2D eigenvalue weighted by molar-refractivity contribution is 0.575. The van der Waals surface area contributed by atoms with Crippen LogP contribution in [0.3, 0.4) is 0 Å². The first-order valence-electron chi connectivity index (χ1n) is 6.41. The molecule has 0 aliphatic carbocycles. The van der Waals surface area contributed by atoms with Gasteiger partial charge in [0.25, 0.3) is 0 Å². The second-order valence-electron chi connectivity index (χ2n) is 4.66. The lowest BCUT2D eigenvalue weighted by atomic mass is 10.1. The molecule has 110 valence electrons. The van der Waals surface area contributed by atoms with Gasteiger partial charge in [-0.1, -0.05) is 60.7 Å². The maximum atomic E-state index is 12.2. The van der Waals surface area contributed by atoms with Gasteiger partial charge in [-0.15, -0.1) is 0 Å². The number of rotatable bonds is 6. The molecule has 1 unspecified atom stereocenters. The molecular formula is C15H17N3O2S. The summed E-state index contributed by atoms with van der Waals surface area (Å²) in [5.74, 6) is -0.386. The van der Waals surface area contributed by atoms with Crippen molar-refractivity contribution in [2.75, 3.05) is 0 Å². The lowest BCUT2D eigenvalue weighted by Crippen LogP contribution is -2.37. The Morgan fingerprint density at radius 3 is 2.10 bits per heavy atom. The molecule has 0 saturated heterocycles. The van der Waals surface area contributed by atoms with Gasteiger partial charge in [0.15, 0.2) is 0 Å². The molecule has 0 heterocycles. The number of nitrogens with one attached hydrogen (secondary N) is 2. The Hall–Kier alpha value is -2.18. The van der Waals surface area contributed by atoms with Crippen molar-refractivity contribution >= 4 is 15.9 Å². The van der Waals surface area contributed by atoms with E-state index in [1.807, 2.05) is 12.1 Å². The smallest absolute Gasteiger partial charge is 0.216 e. The van der Waals surface area contributed by atoms with E-state index in [4.69, 9.17) is 11.1 Å². The van der Waals surface area contributed by atoms with Gasteiger partial charge in [0.05, 0.1) is 5.75 Å². The third kappa shape index (κ3) is 4.40. The van der Waals surface area contributed by atoms with Crippen molar-refractivity contribution in [1.29, 1.82) is 5.41 Å². The minimum absolute atomic E-state index is 0.148. The molecule has 0 aliphatic heterocycles. The third-order valence-electron chi connectivity index (χ3n) is 2.94. The lowest BCUT2D eigenvalue weighted by Gasteiger charge is -2.18. The maximum absolute atomic E-state index is 12.2. The van der Waals surface area contributed by atoms with E-state index in [1.165, 1.54) is 0 Å². The molecule has 0 fully saturated rings. The van der Waals surface area contributed by atoms with Crippen LogP contribution in [0.5, 0.6) is 0 Å². The fourth-order valence-electron chi connectivity index (χ4n) is 1.97. The van der Waals surface area contributed by atoms with Crippen molar-refractivity contribution in [3.8, 4) is 0 Å². The third-order valence-corrected chi connectivity index (χ3v) is 4.25. The van der Waals surface area contributed by atoms with Gasteiger partial charge in [0.2, 0.25) is 10.0 Å². The maximum Gasteiger partial charge on any atom is 0.216 e. The van der Waals surface area contributed by atoms with Gasteiger partial charge in [-0.3, -0.25) is 5.41 Å². The zero-order valence-corrected chi connectivity index (χ0v) is 12.2. The van der Waals surface area contributed by atoms with Gasteiger partial charge in [0.1, 0.15) is 11.9 Å². The van der Waals surface area contributed by atoms with Crippen molar-refractivity contribution in [3.05, 3.63) is 71.8 Å². The molecule has 0 saturated carbocycles. The van der Waals surface area contributed by atoms with Crippen LogP contribution in [0.15, 0.2) is 60.7 Å². The first-order chi connectivity index (χ1) is 9.98. The Kier molecular flexibility index (Phi) is 4.72. The highest BCUT2D eigenvalue weighted by molar-refractivity contribution is 7.88. The Morgan fingerprint density at radius 2 is 1.57 bits per heavy atom. The van der Waals surface area contributed by atoms with E-state index in [-0.39, 0.29) is 11.6 Å². The fourth-order valence-corrected chi connectivity index (χ4v) is 3.31. The molecule has 0 amide bonds. The number of nitrogens with two attached hydrogens (primary N) is 1. The molecule has 21 heavy (non-hydrogen) atoms. The monoisotopic (exact) mass is 303 g/mol. The Balaban J connectivity index is 2.19. The van der Waals surface area contributed by atoms with Crippen LogP contribution in [0.1, 0.15) is 17.2 Å². The summed E-state index contributed by atoms with van der Waals surface area (Å²) in [5.41, 5.74) is 6.85. The van der Waals surface area contributed by atoms with Gasteiger partial charge in [0, 0.05) is 0 Å². The summed E-state index contributed by atoms with van der Waals surface area (Å²) in [7, 11) is -3.60. The molecule has 2 rings (SSSR count). The summed E-state index contributed by atoms with van der Waals surface area (Å²) in [4.78, 5) is 0. The highest BCUT2D eigenvalue weighted by Gasteiger charge is 2.22. The van der Waals surface area contributed by atoms with Crippen LogP contribution in [-0.4, -0.2) is 14.3 Å². The Bertz CT molecular complexity index is 700. The quantitative estimate of drug-likeness (QED) is 0.560. The number of hydrogen-bond donors (Lipinski definition) is 3. The largest absolute Gasteiger partial charge is 0.386 e. The molecule has 6 heteroatoms. The van der Waals surface area contributed by atoms with Crippen molar-refractivity contribution in [3.63, 3.8) is 0 Å². The van der Waals surface area contributed by atoms with Crippen molar-refractivity contribution in [2.24, 2.45) is 5.73 Å². The summed E-state index contributed by atoms with van der Waals surface area (Å²) >= 11 is 0. The van der Waals surface area contributed by atoms with Crippen LogP contribution in [0.2, 0.25) is 0 Å². The molecule has 2 aromatic rings. The van der Waals surface area contributed by atoms with Crippen molar-refractivity contribution in [2.45, 2.75) is 11.8 Å². The van der Waals surface area contributed by atoms with Crippen LogP contribution in [0.25, 0.3) is 0 Å². The van der Waals surface area contributed by atoms with E-state index >= 15 is 0 Å². The van der Waals surface area contributed by atoms with Gasteiger partial charge in [-0.05, 0) is 11.1 Å². The SMILES string of the molecule is N=C(N)C(NS(=O)(=O)Cc1ccccc1)c1ccccc1. The highest BCUT2D eigenvalue weighted by atomic mass is 32.2. The fraction of sp³-hybridized carbons (Fsp3) is 0.133. The van der Waals surface area contributed by atoms with Crippen LogP contribution < -0.4 is 10.5 Å². The van der Waals surface area contributed by atoms with E-state index in [0.717, 1.165) is 0 Å². The summed E-state index contributed by atoms with van der Waals surface area (Å²) < 4.78 is 26.9. The first-order valence-corrected chi connectivity index (χ1v) is 8.06. The molecule has 5 nitrogen and oxygen atoms in total. The predicted octanol–water partition coefficient (Wildman–Crippen LogP) is 1.78. The first kappa shape index (κ1) is 15.2. The zero-order chi connectivity index (χ0) is 15.3. The highest BCUT2D eigenvalue weighted by Crippen LogP contribution is 2.15. The molecule has 0 aromatic heterocycles. The molecule has 0 bridgehead atoms. The molecule has 2 aromatic carbocycles. The summed E-state index contributed by atoms with van der Waals surface area (Å²) in [6.45, 7) is 0. The van der Waals surface area contributed by atoms with Gasteiger partial charge in [-0.25, -0.2) is 8.42 Å². The normalized spacial score (nSPS) is 12.8. The van der Waals surface area contributed by atoms with E-state index < -0.39 is 16.1 Å². The number of benzene rings is 2. The van der Waals surface area contributed by atoms with E-state index in [2.05, 4.69) is 4.72 Å². The van der Waals surface area contributed by atoms with Crippen LogP contribution in [0.4, 0.5) is 0 Å². The average molecular weight is 303 g/mol. The second kappa shape index (κ2) is 6.51. The minimum atomic E-state index is -3.60.